The highest BCUT2D eigenvalue weighted by Gasteiger charge is 2.16. The minimum Gasteiger partial charge on any atom is -0.461 e. The molecule has 0 aliphatic carbocycles. The summed E-state index contributed by atoms with van der Waals surface area (Å²) in [5.41, 5.74) is 8.22. The molecule has 0 atom stereocenters. The number of fused-ring (bicyclic) bond motifs is 1. The van der Waals surface area contributed by atoms with Crippen molar-refractivity contribution in [2.24, 2.45) is 0 Å². The number of aromatic nitrogens is 2. The van der Waals surface area contributed by atoms with Crippen molar-refractivity contribution in [3.63, 3.8) is 0 Å². The summed E-state index contributed by atoms with van der Waals surface area (Å²) in [5, 5.41) is 1.19. The highest BCUT2D eigenvalue weighted by Crippen LogP contribution is 2.33. The number of carbonyl (C=O) groups is 1. The molecule has 146 valence electrons. The maximum Gasteiger partial charge on any atom is 0.356 e. The van der Waals surface area contributed by atoms with Gasteiger partial charge >= 0.3 is 5.97 Å². The molecule has 29 heavy (non-hydrogen) atoms. The molecule has 2 heterocycles. The number of rotatable bonds is 5. The first-order chi connectivity index (χ1) is 14.1. The minimum absolute atomic E-state index is 0.337. The van der Waals surface area contributed by atoms with E-state index in [0.717, 1.165) is 22.5 Å². The van der Waals surface area contributed by atoms with E-state index in [0.29, 0.717) is 18.7 Å². The van der Waals surface area contributed by atoms with E-state index in [9.17, 15) is 4.79 Å². The number of hydrogen-bond donors (Lipinski definition) is 1. The zero-order chi connectivity index (χ0) is 20.4. The van der Waals surface area contributed by atoms with Crippen LogP contribution in [0.4, 0.5) is 0 Å². The third-order valence-electron chi connectivity index (χ3n) is 5.23. The lowest BCUT2D eigenvalue weighted by Gasteiger charge is -2.08. The first-order valence-corrected chi connectivity index (χ1v) is 9.87. The maximum absolute atomic E-state index is 12.1. The molecular weight excluding hydrogens is 360 g/mol. The number of nitrogens with one attached hydrogen (secondary N) is 1. The van der Waals surface area contributed by atoms with E-state index in [2.05, 4.69) is 48.1 Å². The number of esters is 1. The Kier molecular flexibility index (Phi) is 5.17. The zero-order valence-electron chi connectivity index (χ0n) is 17.0. The van der Waals surface area contributed by atoms with Crippen molar-refractivity contribution < 1.29 is 9.53 Å². The molecule has 4 heteroatoms. The summed E-state index contributed by atoms with van der Waals surface area (Å²) in [6.07, 6.45) is 0.625. The van der Waals surface area contributed by atoms with E-state index >= 15 is 0 Å². The van der Waals surface area contributed by atoms with Gasteiger partial charge in [-0.25, -0.2) is 9.78 Å². The molecule has 4 nitrogen and oxygen atoms in total. The third kappa shape index (κ3) is 3.79. The average Bonchev–Trinajstić information content (AvgIpc) is 3.06. The molecule has 0 aliphatic rings. The SMILES string of the molecule is CCOC(=O)c1cccc(Cc2c(-c3ccccc3)[nH]c3cc(C)c(C)cc23)n1. The van der Waals surface area contributed by atoms with Crippen LogP contribution in [0.2, 0.25) is 0 Å². The predicted octanol–water partition coefficient (Wildman–Crippen LogP) is 5.61. The average molecular weight is 384 g/mol. The van der Waals surface area contributed by atoms with Gasteiger partial charge in [-0.05, 0) is 67.3 Å². The van der Waals surface area contributed by atoms with Crippen molar-refractivity contribution >= 4 is 16.9 Å². The van der Waals surface area contributed by atoms with Gasteiger partial charge in [0.1, 0.15) is 5.69 Å². The van der Waals surface area contributed by atoms with Crippen LogP contribution < -0.4 is 0 Å². The number of benzene rings is 2. The highest BCUT2D eigenvalue weighted by molar-refractivity contribution is 5.92. The second-order valence-electron chi connectivity index (χ2n) is 7.24. The molecule has 0 spiro atoms. The monoisotopic (exact) mass is 384 g/mol. The molecule has 0 amide bonds. The molecule has 2 aromatic heterocycles. The second-order valence-corrected chi connectivity index (χ2v) is 7.24. The molecule has 4 aromatic rings. The first kappa shape index (κ1) is 18.9. The fourth-order valence-electron chi connectivity index (χ4n) is 3.63. The number of pyridine rings is 1. The van der Waals surface area contributed by atoms with Crippen molar-refractivity contribution in [3.05, 3.63) is 88.7 Å². The van der Waals surface area contributed by atoms with E-state index < -0.39 is 0 Å². The lowest BCUT2D eigenvalue weighted by atomic mass is 9.98. The van der Waals surface area contributed by atoms with Gasteiger partial charge in [-0.1, -0.05) is 36.4 Å². The van der Waals surface area contributed by atoms with Crippen LogP contribution in [-0.2, 0) is 11.2 Å². The van der Waals surface area contributed by atoms with Gasteiger partial charge in [0.25, 0.3) is 0 Å². The molecule has 0 saturated carbocycles. The van der Waals surface area contributed by atoms with Gasteiger partial charge in [-0.3, -0.25) is 0 Å². The van der Waals surface area contributed by atoms with Crippen molar-refractivity contribution in [1.82, 2.24) is 9.97 Å². The number of carbonyl (C=O) groups excluding carboxylic acids is 1. The van der Waals surface area contributed by atoms with Crippen LogP contribution in [0.1, 0.15) is 39.8 Å². The van der Waals surface area contributed by atoms with Gasteiger partial charge < -0.3 is 9.72 Å². The summed E-state index contributed by atoms with van der Waals surface area (Å²) < 4.78 is 5.10. The smallest absolute Gasteiger partial charge is 0.356 e. The van der Waals surface area contributed by atoms with Gasteiger partial charge in [0.2, 0.25) is 0 Å². The second kappa shape index (κ2) is 7.92. The van der Waals surface area contributed by atoms with Gasteiger partial charge in [0, 0.05) is 23.0 Å². The van der Waals surface area contributed by atoms with E-state index in [4.69, 9.17) is 4.74 Å². The van der Waals surface area contributed by atoms with Gasteiger partial charge in [0.05, 0.1) is 12.3 Å². The normalized spacial score (nSPS) is 11.0. The minimum atomic E-state index is -0.386. The van der Waals surface area contributed by atoms with Crippen LogP contribution in [-0.4, -0.2) is 22.5 Å². The Morgan fingerprint density at radius 1 is 1.00 bits per heavy atom. The molecule has 0 fully saturated rings. The summed E-state index contributed by atoms with van der Waals surface area (Å²) in [6.45, 7) is 6.39. The van der Waals surface area contributed by atoms with Crippen molar-refractivity contribution in [2.45, 2.75) is 27.2 Å². The third-order valence-corrected chi connectivity index (χ3v) is 5.23. The molecule has 4 rings (SSSR count). The topological polar surface area (TPSA) is 55.0 Å². The zero-order valence-corrected chi connectivity index (χ0v) is 17.0. The van der Waals surface area contributed by atoms with Gasteiger partial charge in [0.15, 0.2) is 0 Å². The van der Waals surface area contributed by atoms with Crippen LogP contribution in [0.15, 0.2) is 60.7 Å². The van der Waals surface area contributed by atoms with Crippen LogP contribution in [0.5, 0.6) is 0 Å². The fourth-order valence-corrected chi connectivity index (χ4v) is 3.63. The Morgan fingerprint density at radius 3 is 2.52 bits per heavy atom. The van der Waals surface area contributed by atoms with Crippen LogP contribution in [0, 0.1) is 13.8 Å². The van der Waals surface area contributed by atoms with E-state index in [1.165, 1.54) is 22.1 Å². The molecule has 0 saturated heterocycles. The number of H-pyrrole nitrogens is 1. The first-order valence-electron chi connectivity index (χ1n) is 9.87. The molecule has 0 aliphatic heterocycles. The number of aryl methyl sites for hydroxylation is 2. The molecular formula is C25H24N2O2. The molecule has 0 radical (unpaired) electrons. The molecule has 0 unspecified atom stereocenters. The summed E-state index contributed by atoms with van der Waals surface area (Å²) in [7, 11) is 0. The van der Waals surface area contributed by atoms with E-state index in [1.54, 1.807) is 13.0 Å². The number of ether oxygens (including phenoxy) is 1. The molecule has 1 N–H and O–H groups in total. The summed E-state index contributed by atoms with van der Waals surface area (Å²) in [6, 6.07) is 20.3. The van der Waals surface area contributed by atoms with Crippen molar-refractivity contribution in [2.75, 3.05) is 6.61 Å². The summed E-state index contributed by atoms with van der Waals surface area (Å²) in [4.78, 5) is 20.3. The lowest BCUT2D eigenvalue weighted by molar-refractivity contribution is 0.0519. The van der Waals surface area contributed by atoms with Gasteiger partial charge in [-0.15, -0.1) is 0 Å². The van der Waals surface area contributed by atoms with Crippen molar-refractivity contribution in [3.8, 4) is 11.3 Å². The number of nitrogens with zero attached hydrogens (tertiary/aromatic N) is 1. The van der Waals surface area contributed by atoms with Gasteiger partial charge in [-0.2, -0.15) is 0 Å². The summed E-state index contributed by atoms with van der Waals surface area (Å²) >= 11 is 0. The maximum atomic E-state index is 12.1. The number of aromatic amines is 1. The quantitative estimate of drug-likeness (QED) is 0.455. The predicted molar refractivity (Wildman–Crippen MR) is 116 cm³/mol. The Labute approximate surface area is 170 Å². The Hall–Kier alpha value is -3.40. The molecule has 2 aromatic carbocycles. The largest absolute Gasteiger partial charge is 0.461 e. The fraction of sp³-hybridized carbons (Fsp3) is 0.200. The Balaban J connectivity index is 1.83. The Morgan fingerprint density at radius 2 is 1.76 bits per heavy atom. The number of hydrogen-bond acceptors (Lipinski definition) is 3. The van der Waals surface area contributed by atoms with Crippen molar-refractivity contribution in [1.29, 1.82) is 0 Å². The molecule has 0 bridgehead atoms. The Bertz CT molecular complexity index is 1180. The van der Waals surface area contributed by atoms with E-state index in [-0.39, 0.29) is 5.97 Å². The summed E-state index contributed by atoms with van der Waals surface area (Å²) in [5.74, 6) is -0.386. The van der Waals surface area contributed by atoms with Crippen LogP contribution >= 0.6 is 0 Å². The van der Waals surface area contributed by atoms with E-state index in [1.807, 2.05) is 30.3 Å². The lowest BCUT2D eigenvalue weighted by Crippen LogP contribution is -2.08. The highest BCUT2D eigenvalue weighted by atomic mass is 16.5. The standard InChI is InChI=1S/C25H24N2O2/c1-4-29-25(28)22-12-8-11-19(26-22)15-21-20-13-16(2)17(3)14-23(20)27-24(21)18-9-6-5-7-10-18/h5-14,27H,4,15H2,1-3H3. The van der Waals surface area contributed by atoms with Crippen LogP contribution in [0.3, 0.4) is 0 Å². The van der Waals surface area contributed by atoms with Crippen LogP contribution in [0.25, 0.3) is 22.2 Å².